The lowest BCUT2D eigenvalue weighted by Crippen LogP contribution is -2.55. The summed E-state index contributed by atoms with van der Waals surface area (Å²) in [6.07, 6.45) is 1.60. The van der Waals surface area contributed by atoms with Gasteiger partial charge in [-0.25, -0.2) is 8.78 Å². The van der Waals surface area contributed by atoms with E-state index in [4.69, 9.17) is 0 Å². The van der Waals surface area contributed by atoms with E-state index in [1.165, 1.54) is 36.4 Å². The van der Waals surface area contributed by atoms with Crippen LogP contribution >= 0.6 is 0 Å². The second-order valence-corrected chi connectivity index (χ2v) is 8.36. The van der Waals surface area contributed by atoms with Gasteiger partial charge < -0.3 is 15.5 Å². The molecule has 2 aromatic rings. The predicted molar refractivity (Wildman–Crippen MR) is 121 cm³/mol. The Labute approximate surface area is 192 Å². The number of nitrogens with one attached hydrogen (secondary N) is 2. The fourth-order valence-corrected chi connectivity index (χ4v) is 3.94. The number of halogens is 2. The smallest absolute Gasteiger partial charge is 0.256 e. The van der Waals surface area contributed by atoms with Crippen LogP contribution in [0, 0.1) is 17.6 Å². The Hall–Kier alpha value is -3.29. The number of rotatable bonds is 7. The van der Waals surface area contributed by atoms with E-state index in [2.05, 4.69) is 10.6 Å². The van der Waals surface area contributed by atoms with E-state index in [0.29, 0.717) is 25.9 Å². The molecule has 2 N–H and O–H groups in total. The summed E-state index contributed by atoms with van der Waals surface area (Å²) in [5.74, 6) is -2.90. The topological polar surface area (TPSA) is 78.5 Å². The predicted octanol–water partition coefficient (Wildman–Crippen LogP) is 3.53. The second kappa shape index (κ2) is 11.0. The Balaban J connectivity index is 1.72. The number of hydrogen-bond acceptors (Lipinski definition) is 3. The zero-order valence-corrected chi connectivity index (χ0v) is 18.8. The normalized spacial score (nSPS) is 16.1. The molecular weight excluding hydrogens is 428 g/mol. The number of carbonyl (C=O) groups excluding carboxylic acids is 3. The molecule has 3 rings (SSSR count). The van der Waals surface area contributed by atoms with Crippen molar-refractivity contribution in [2.24, 2.45) is 5.92 Å². The third-order valence-corrected chi connectivity index (χ3v) is 6.09. The maximum absolute atomic E-state index is 14.1. The van der Waals surface area contributed by atoms with E-state index < -0.39 is 29.5 Å². The lowest BCUT2D eigenvalue weighted by molar-refractivity contribution is -0.125. The minimum absolute atomic E-state index is 0.00914. The SMILES string of the molecule is CC[C@@H](C)NC(=O)[C@@H](NC(=O)c1ccccc1F)C1CCN(C(=O)c2ccccc2F)CC1. The van der Waals surface area contributed by atoms with Crippen molar-refractivity contribution in [2.45, 2.75) is 45.2 Å². The van der Waals surface area contributed by atoms with Gasteiger partial charge in [0, 0.05) is 19.1 Å². The first kappa shape index (κ1) is 24.4. The van der Waals surface area contributed by atoms with Gasteiger partial charge >= 0.3 is 0 Å². The molecule has 1 aliphatic heterocycles. The largest absolute Gasteiger partial charge is 0.352 e. The highest BCUT2D eigenvalue weighted by Gasteiger charge is 2.35. The van der Waals surface area contributed by atoms with Crippen molar-refractivity contribution in [3.8, 4) is 0 Å². The van der Waals surface area contributed by atoms with E-state index in [9.17, 15) is 23.2 Å². The number of hydrogen-bond donors (Lipinski definition) is 2. The standard InChI is InChI=1S/C25H29F2N3O3/c1-3-16(2)28-24(32)22(29-23(31)18-8-4-6-10-20(18)26)17-12-14-30(15-13-17)25(33)19-9-5-7-11-21(19)27/h4-11,16-17,22H,3,12-15H2,1-2H3,(H,28,32)(H,29,31)/t16-,22+/m1/s1. The number of amides is 3. The molecular formula is C25H29F2N3O3. The summed E-state index contributed by atoms with van der Waals surface area (Å²) in [6, 6.07) is 10.5. The van der Waals surface area contributed by atoms with Crippen LogP contribution in [0.15, 0.2) is 48.5 Å². The van der Waals surface area contributed by atoms with Gasteiger partial charge in [-0.2, -0.15) is 0 Å². The summed E-state index contributed by atoms with van der Waals surface area (Å²) in [7, 11) is 0. The van der Waals surface area contributed by atoms with Crippen LogP contribution in [0.5, 0.6) is 0 Å². The molecule has 1 heterocycles. The van der Waals surface area contributed by atoms with Crippen molar-refractivity contribution < 1.29 is 23.2 Å². The molecule has 0 unspecified atom stereocenters. The van der Waals surface area contributed by atoms with E-state index in [1.807, 2.05) is 13.8 Å². The zero-order chi connectivity index (χ0) is 24.0. The molecule has 2 aromatic carbocycles. The maximum atomic E-state index is 14.1. The van der Waals surface area contributed by atoms with Gasteiger partial charge in [0.15, 0.2) is 0 Å². The molecule has 0 spiro atoms. The Morgan fingerprint density at radius 3 is 2.03 bits per heavy atom. The molecule has 0 saturated carbocycles. The van der Waals surface area contributed by atoms with Crippen LogP contribution in [0.3, 0.4) is 0 Å². The van der Waals surface area contributed by atoms with Crippen molar-refractivity contribution >= 4 is 17.7 Å². The van der Waals surface area contributed by atoms with E-state index in [1.54, 1.807) is 17.0 Å². The fraction of sp³-hybridized carbons (Fsp3) is 0.400. The van der Waals surface area contributed by atoms with Crippen LogP contribution in [0.4, 0.5) is 8.78 Å². The molecule has 0 aliphatic carbocycles. The minimum Gasteiger partial charge on any atom is -0.352 e. The van der Waals surface area contributed by atoms with Gasteiger partial charge in [-0.05, 0) is 56.4 Å². The minimum atomic E-state index is -0.878. The lowest BCUT2D eigenvalue weighted by Gasteiger charge is -2.36. The highest BCUT2D eigenvalue weighted by Crippen LogP contribution is 2.24. The first-order chi connectivity index (χ1) is 15.8. The van der Waals surface area contributed by atoms with Gasteiger partial charge in [0.25, 0.3) is 11.8 Å². The van der Waals surface area contributed by atoms with E-state index in [-0.39, 0.29) is 29.0 Å². The number of benzene rings is 2. The maximum Gasteiger partial charge on any atom is 0.256 e. The number of nitrogens with zero attached hydrogens (tertiary/aromatic N) is 1. The van der Waals surface area contributed by atoms with Crippen LogP contribution < -0.4 is 10.6 Å². The van der Waals surface area contributed by atoms with Crippen molar-refractivity contribution in [2.75, 3.05) is 13.1 Å². The summed E-state index contributed by atoms with van der Waals surface area (Å²) < 4.78 is 28.1. The molecule has 3 amide bonds. The van der Waals surface area contributed by atoms with Gasteiger partial charge in [-0.1, -0.05) is 31.2 Å². The Kier molecular flexibility index (Phi) is 8.14. The van der Waals surface area contributed by atoms with E-state index >= 15 is 0 Å². The van der Waals surface area contributed by atoms with Gasteiger partial charge in [0.2, 0.25) is 5.91 Å². The highest BCUT2D eigenvalue weighted by atomic mass is 19.1. The molecule has 176 valence electrons. The van der Waals surface area contributed by atoms with Gasteiger partial charge in [-0.3, -0.25) is 14.4 Å². The van der Waals surface area contributed by atoms with Crippen LogP contribution in [0.1, 0.15) is 53.8 Å². The van der Waals surface area contributed by atoms with Crippen molar-refractivity contribution in [1.82, 2.24) is 15.5 Å². The Morgan fingerprint density at radius 1 is 0.939 bits per heavy atom. The summed E-state index contributed by atoms with van der Waals surface area (Å²) in [5, 5.41) is 5.59. The molecule has 0 bridgehead atoms. The monoisotopic (exact) mass is 457 g/mol. The third kappa shape index (κ3) is 5.94. The van der Waals surface area contributed by atoms with Crippen LogP contribution in [-0.4, -0.2) is 47.8 Å². The lowest BCUT2D eigenvalue weighted by atomic mass is 9.88. The van der Waals surface area contributed by atoms with E-state index in [0.717, 1.165) is 6.42 Å². The Bertz CT molecular complexity index is 1010. The van der Waals surface area contributed by atoms with Crippen LogP contribution in [-0.2, 0) is 4.79 Å². The summed E-state index contributed by atoms with van der Waals surface area (Å²) in [5.41, 5.74) is -0.124. The molecule has 0 radical (unpaired) electrons. The van der Waals surface area contributed by atoms with Crippen molar-refractivity contribution in [3.63, 3.8) is 0 Å². The number of likely N-dealkylation sites (tertiary alicyclic amines) is 1. The fourth-order valence-electron chi connectivity index (χ4n) is 3.94. The van der Waals surface area contributed by atoms with Crippen molar-refractivity contribution in [1.29, 1.82) is 0 Å². The molecule has 6 nitrogen and oxygen atoms in total. The highest BCUT2D eigenvalue weighted by molar-refractivity contribution is 5.98. The van der Waals surface area contributed by atoms with Gasteiger partial charge in [-0.15, -0.1) is 0 Å². The quantitative estimate of drug-likeness (QED) is 0.668. The Morgan fingerprint density at radius 2 is 1.48 bits per heavy atom. The summed E-state index contributed by atoms with van der Waals surface area (Å²) in [6.45, 7) is 4.44. The number of carbonyl (C=O) groups is 3. The van der Waals surface area contributed by atoms with Gasteiger partial charge in [0.1, 0.15) is 17.7 Å². The molecule has 1 fully saturated rings. The number of piperidine rings is 1. The molecule has 1 aliphatic rings. The summed E-state index contributed by atoms with van der Waals surface area (Å²) in [4.78, 5) is 40.0. The second-order valence-electron chi connectivity index (χ2n) is 8.36. The van der Waals surface area contributed by atoms with Crippen LogP contribution in [0.25, 0.3) is 0 Å². The molecule has 1 saturated heterocycles. The zero-order valence-electron chi connectivity index (χ0n) is 18.8. The van der Waals surface area contributed by atoms with Crippen LogP contribution in [0.2, 0.25) is 0 Å². The van der Waals surface area contributed by atoms with Gasteiger partial charge in [0.05, 0.1) is 11.1 Å². The average Bonchev–Trinajstić information content (AvgIpc) is 2.82. The third-order valence-electron chi connectivity index (χ3n) is 6.09. The van der Waals surface area contributed by atoms with Crippen molar-refractivity contribution in [3.05, 3.63) is 71.3 Å². The first-order valence-corrected chi connectivity index (χ1v) is 11.2. The first-order valence-electron chi connectivity index (χ1n) is 11.2. The molecule has 0 aromatic heterocycles. The molecule has 2 atom stereocenters. The molecule has 8 heteroatoms. The average molecular weight is 458 g/mol. The summed E-state index contributed by atoms with van der Waals surface area (Å²) >= 11 is 0. The molecule has 33 heavy (non-hydrogen) atoms.